The van der Waals surface area contributed by atoms with Crippen molar-refractivity contribution in [2.45, 2.75) is 5.41 Å². The van der Waals surface area contributed by atoms with Crippen LogP contribution in [0.15, 0.2) is 241 Å². The van der Waals surface area contributed by atoms with Gasteiger partial charge in [-0.25, -0.2) is 0 Å². The maximum Gasteiger partial charge on any atom is 0.136 e. The van der Waals surface area contributed by atoms with Crippen molar-refractivity contribution < 1.29 is 4.42 Å². The van der Waals surface area contributed by atoms with Crippen LogP contribution in [0.1, 0.15) is 22.3 Å². The number of rotatable bonds is 7. The van der Waals surface area contributed by atoms with E-state index >= 15 is 0 Å². The van der Waals surface area contributed by atoms with Gasteiger partial charge >= 0.3 is 0 Å². The van der Waals surface area contributed by atoms with Gasteiger partial charge in [0.05, 0.1) is 5.41 Å². The number of hydrogen-bond donors (Lipinski definition) is 0. The van der Waals surface area contributed by atoms with E-state index in [0.29, 0.717) is 0 Å². The van der Waals surface area contributed by atoms with Crippen molar-refractivity contribution in [3.8, 4) is 33.4 Å². The number of furan rings is 1. The van der Waals surface area contributed by atoms with Crippen LogP contribution < -0.4 is 4.90 Å². The first-order valence-corrected chi connectivity index (χ1v) is 21.0. The Bertz CT molecular complexity index is 3350. The van der Waals surface area contributed by atoms with Crippen LogP contribution in [0.5, 0.6) is 0 Å². The van der Waals surface area contributed by atoms with Crippen LogP contribution >= 0.6 is 0 Å². The summed E-state index contributed by atoms with van der Waals surface area (Å²) in [4.78, 5) is 2.38. The highest BCUT2D eigenvalue weighted by Gasteiger charge is 2.45. The Balaban J connectivity index is 1.00. The Morgan fingerprint density at radius 1 is 0.311 bits per heavy atom. The van der Waals surface area contributed by atoms with E-state index in [1.165, 1.54) is 55.3 Å². The van der Waals surface area contributed by atoms with E-state index in [0.717, 1.165) is 50.1 Å². The van der Waals surface area contributed by atoms with Gasteiger partial charge in [0.25, 0.3) is 0 Å². The lowest BCUT2D eigenvalue weighted by atomic mass is 9.68. The summed E-state index contributed by atoms with van der Waals surface area (Å²) in [6, 6.07) is 86.0. The van der Waals surface area contributed by atoms with E-state index in [-0.39, 0.29) is 0 Å². The fraction of sp³-hybridized carbons (Fsp3) is 0.0169. The zero-order chi connectivity index (χ0) is 40.3. The largest absolute Gasteiger partial charge is 0.456 e. The van der Waals surface area contributed by atoms with Gasteiger partial charge in [-0.3, -0.25) is 0 Å². The van der Waals surface area contributed by atoms with Crippen LogP contribution in [-0.2, 0) is 5.41 Å². The van der Waals surface area contributed by atoms with Crippen molar-refractivity contribution >= 4 is 49.8 Å². The average molecular weight is 778 g/mol. The summed E-state index contributed by atoms with van der Waals surface area (Å²) < 4.78 is 6.27. The number of nitrogens with zero attached hydrogens (tertiary/aromatic N) is 1. The van der Waals surface area contributed by atoms with Crippen LogP contribution in [0.3, 0.4) is 0 Å². The van der Waals surface area contributed by atoms with Gasteiger partial charge in [-0.15, -0.1) is 0 Å². The van der Waals surface area contributed by atoms with Gasteiger partial charge in [0.2, 0.25) is 0 Å². The Kier molecular flexibility index (Phi) is 8.11. The second-order valence-electron chi connectivity index (χ2n) is 16.0. The summed E-state index contributed by atoms with van der Waals surface area (Å²) in [5.74, 6) is 0. The molecular formula is C59H39NO. The summed E-state index contributed by atoms with van der Waals surface area (Å²) >= 11 is 0. The molecule has 0 aliphatic heterocycles. The molecule has 61 heavy (non-hydrogen) atoms. The lowest BCUT2D eigenvalue weighted by Crippen LogP contribution is -2.28. The molecule has 0 saturated heterocycles. The molecule has 2 heteroatoms. The van der Waals surface area contributed by atoms with Crippen molar-refractivity contribution in [1.82, 2.24) is 0 Å². The predicted octanol–water partition coefficient (Wildman–Crippen LogP) is 15.9. The number of benzene rings is 10. The first kappa shape index (κ1) is 35.0. The van der Waals surface area contributed by atoms with Crippen molar-refractivity contribution in [2.24, 2.45) is 0 Å². The molecule has 0 amide bonds. The zero-order valence-corrected chi connectivity index (χ0v) is 33.4. The first-order chi connectivity index (χ1) is 30.3. The van der Waals surface area contributed by atoms with Crippen molar-refractivity contribution in [3.05, 3.63) is 259 Å². The monoisotopic (exact) mass is 777 g/mol. The molecule has 2 nitrogen and oxygen atoms in total. The maximum absolute atomic E-state index is 6.27. The Morgan fingerprint density at radius 2 is 0.770 bits per heavy atom. The maximum atomic E-state index is 6.27. The highest BCUT2D eigenvalue weighted by molar-refractivity contribution is 6.12. The van der Waals surface area contributed by atoms with E-state index in [2.05, 4.69) is 229 Å². The minimum Gasteiger partial charge on any atom is -0.456 e. The third kappa shape index (κ3) is 5.50. The van der Waals surface area contributed by atoms with Gasteiger partial charge in [0.15, 0.2) is 0 Å². The van der Waals surface area contributed by atoms with Gasteiger partial charge in [0.1, 0.15) is 11.2 Å². The highest BCUT2D eigenvalue weighted by atomic mass is 16.3. The Labute approximate surface area is 355 Å². The van der Waals surface area contributed by atoms with Crippen LogP contribution in [-0.4, -0.2) is 0 Å². The lowest BCUT2D eigenvalue weighted by molar-refractivity contribution is 0.669. The third-order valence-electron chi connectivity index (χ3n) is 12.8. The van der Waals surface area contributed by atoms with E-state index in [1.54, 1.807) is 0 Å². The van der Waals surface area contributed by atoms with Crippen molar-refractivity contribution in [3.63, 3.8) is 0 Å². The molecule has 0 fully saturated rings. The quantitative estimate of drug-likeness (QED) is 0.160. The molecule has 1 aliphatic rings. The van der Waals surface area contributed by atoms with Gasteiger partial charge in [-0.2, -0.15) is 0 Å². The summed E-state index contributed by atoms with van der Waals surface area (Å²) in [5, 5.41) is 4.77. The standard InChI is InChI=1S/C59H39NO/c1-2-16-43(17-3-1)59(54-24-9-6-19-51(54)52-20-7-10-25-55(52)59)44-32-38-47(39-33-44)60(45-34-28-41(29-35-45)49-22-12-15-40-14-4-5-18-48(40)49)46-36-30-42(31-37-46)50-23-13-27-57-58(50)53-21-8-11-26-56(53)61-57/h1-39H. The molecule has 0 radical (unpaired) electrons. The Morgan fingerprint density at radius 3 is 1.46 bits per heavy atom. The molecular weight excluding hydrogens is 739 g/mol. The van der Waals surface area contributed by atoms with E-state index in [1.807, 2.05) is 12.1 Å². The molecule has 0 bridgehead atoms. The normalized spacial score (nSPS) is 12.7. The minimum absolute atomic E-state index is 0.460. The first-order valence-electron chi connectivity index (χ1n) is 21.0. The summed E-state index contributed by atoms with van der Waals surface area (Å²) in [5.41, 5.74) is 17.0. The fourth-order valence-electron chi connectivity index (χ4n) is 10.1. The summed E-state index contributed by atoms with van der Waals surface area (Å²) in [6.07, 6.45) is 0. The van der Waals surface area contributed by atoms with Crippen molar-refractivity contribution in [1.29, 1.82) is 0 Å². The van der Waals surface area contributed by atoms with Crippen LogP contribution in [0.2, 0.25) is 0 Å². The van der Waals surface area contributed by atoms with E-state index in [9.17, 15) is 0 Å². The van der Waals surface area contributed by atoms with Crippen LogP contribution in [0, 0.1) is 0 Å². The van der Waals surface area contributed by atoms with Gasteiger partial charge < -0.3 is 9.32 Å². The topological polar surface area (TPSA) is 16.4 Å². The highest BCUT2D eigenvalue weighted by Crippen LogP contribution is 2.56. The lowest BCUT2D eigenvalue weighted by Gasteiger charge is -2.34. The third-order valence-corrected chi connectivity index (χ3v) is 12.8. The van der Waals surface area contributed by atoms with Crippen molar-refractivity contribution in [2.75, 3.05) is 4.90 Å². The molecule has 286 valence electrons. The molecule has 11 aromatic rings. The number of fused-ring (bicyclic) bond motifs is 7. The number of anilines is 3. The molecule has 12 rings (SSSR count). The Hall–Kier alpha value is -7.94. The molecule has 0 spiro atoms. The zero-order valence-electron chi connectivity index (χ0n) is 33.4. The summed E-state index contributed by atoms with van der Waals surface area (Å²) in [6.45, 7) is 0. The average Bonchev–Trinajstić information content (AvgIpc) is 3.87. The SMILES string of the molecule is c1ccc(C2(c3ccc(N(c4ccc(-c5cccc6ccccc56)cc4)c4ccc(-c5cccc6oc7ccccc7c56)cc4)cc3)c3ccccc3-c3ccccc32)cc1. The second-order valence-corrected chi connectivity index (χ2v) is 16.0. The number of hydrogen-bond acceptors (Lipinski definition) is 2. The molecule has 0 atom stereocenters. The molecule has 1 aromatic heterocycles. The van der Waals surface area contributed by atoms with Crippen LogP contribution in [0.4, 0.5) is 17.1 Å². The molecule has 1 aliphatic carbocycles. The minimum atomic E-state index is -0.460. The predicted molar refractivity (Wildman–Crippen MR) is 254 cm³/mol. The van der Waals surface area contributed by atoms with E-state index < -0.39 is 5.41 Å². The number of para-hydroxylation sites is 1. The molecule has 0 unspecified atom stereocenters. The smallest absolute Gasteiger partial charge is 0.136 e. The fourth-order valence-corrected chi connectivity index (χ4v) is 10.1. The van der Waals surface area contributed by atoms with Gasteiger partial charge in [-0.1, -0.05) is 188 Å². The summed E-state index contributed by atoms with van der Waals surface area (Å²) in [7, 11) is 0. The van der Waals surface area contributed by atoms with Crippen LogP contribution in [0.25, 0.3) is 66.1 Å². The van der Waals surface area contributed by atoms with Gasteiger partial charge in [-0.05, 0) is 115 Å². The molecule has 1 heterocycles. The second kappa shape index (κ2) is 14.1. The van der Waals surface area contributed by atoms with E-state index in [4.69, 9.17) is 4.42 Å². The molecule has 10 aromatic carbocycles. The molecule has 0 saturated carbocycles. The molecule has 0 N–H and O–H groups in total. The van der Waals surface area contributed by atoms with Gasteiger partial charge in [0, 0.05) is 27.8 Å².